The van der Waals surface area contributed by atoms with Crippen molar-refractivity contribution in [2.45, 2.75) is 33.9 Å². The van der Waals surface area contributed by atoms with Crippen molar-refractivity contribution in [3.63, 3.8) is 0 Å². The third kappa shape index (κ3) is 2.26. The molecule has 6 heteroatoms. The maximum absolute atomic E-state index is 12.6. The van der Waals surface area contributed by atoms with Crippen LogP contribution in [0.15, 0.2) is 29.1 Å². The molecule has 21 heavy (non-hydrogen) atoms. The van der Waals surface area contributed by atoms with Crippen molar-refractivity contribution in [1.29, 1.82) is 0 Å². The zero-order chi connectivity index (χ0) is 15.1. The Kier molecular flexibility index (Phi) is 3.16. The molecule has 3 rings (SSSR count). The lowest BCUT2D eigenvalue weighted by molar-refractivity contribution is 0.242. The van der Waals surface area contributed by atoms with Crippen LogP contribution in [0.1, 0.15) is 25.2 Å². The van der Waals surface area contributed by atoms with Crippen molar-refractivity contribution in [2.24, 2.45) is 5.92 Å². The highest BCUT2D eigenvalue weighted by atomic mass is 16.2. The number of aryl methyl sites for hydroxylation is 1. The van der Waals surface area contributed by atoms with Gasteiger partial charge in [0.15, 0.2) is 5.82 Å². The number of hydrogen-bond acceptors (Lipinski definition) is 3. The van der Waals surface area contributed by atoms with Gasteiger partial charge in [-0.1, -0.05) is 31.5 Å². The Morgan fingerprint density at radius 2 is 1.86 bits per heavy atom. The molecule has 0 atom stereocenters. The summed E-state index contributed by atoms with van der Waals surface area (Å²) >= 11 is 0. The fourth-order valence-electron chi connectivity index (χ4n) is 2.51. The van der Waals surface area contributed by atoms with E-state index in [0.717, 1.165) is 11.3 Å². The predicted molar refractivity (Wildman–Crippen MR) is 79.5 cm³/mol. The first kappa shape index (κ1) is 13.6. The number of rotatable bonds is 3. The maximum Gasteiger partial charge on any atom is 0.364 e. The molecule has 0 aliphatic carbocycles. The number of carbonyl (C=O) groups excluding carboxylic acids is 1. The Balaban J connectivity index is 1.98. The fourth-order valence-corrected chi connectivity index (χ4v) is 2.51. The minimum absolute atomic E-state index is 0.218. The van der Waals surface area contributed by atoms with E-state index in [1.54, 1.807) is 4.90 Å². The second-order valence-corrected chi connectivity index (χ2v) is 5.80. The molecule has 2 heterocycles. The number of fused-ring (bicyclic) bond motifs is 1. The Hall–Kier alpha value is -2.37. The summed E-state index contributed by atoms with van der Waals surface area (Å²) in [6, 6.07) is 7.52. The first-order chi connectivity index (χ1) is 9.97. The maximum atomic E-state index is 12.6. The topological polar surface area (TPSA) is 60.1 Å². The van der Waals surface area contributed by atoms with Crippen molar-refractivity contribution in [1.82, 2.24) is 14.3 Å². The van der Waals surface area contributed by atoms with E-state index in [4.69, 9.17) is 0 Å². The van der Waals surface area contributed by atoms with E-state index < -0.39 is 0 Å². The monoisotopic (exact) mass is 286 g/mol. The Labute approximate surface area is 122 Å². The average Bonchev–Trinajstić information content (AvgIpc) is 2.89. The third-order valence-corrected chi connectivity index (χ3v) is 3.53. The highest BCUT2D eigenvalue weighted by Crippen LogP contribution is 2.23. The number of aromatic nitrogens is 3. The van der Waals surface area contributed by atoms with Crippen LogP contribution in [0.25, 0.3) is 0 Å². The molecule has 0 saturated carbocycles. The Morgan fingerprint density at radius 1 is 1.19 bits per heavy atom. The molecule has 0 saturated heterocycles. The van der Waals surface area contributed by atoms with Gasteiger partial charge in [-0.25, -0.2) is 14.3 Å². The van der Waals surface area contributed by atoms with Gasteiger partial charge in [0.25, 0.3) is 0 Å². The quantitative estimate of drug-likeness (QED) is 0.867. The first-order valence-electron chi connectivity index (χ1n) is 7.04. The highest BCUT2D eigenvalue weighted by molar-refractivity contribution is 5.95. The van der Waals surface area contributed by atoms with Gasteiger partial charge in [-0.15, -0.1) is 0 Å². The van der Waals surface area contributed by atoms with E-state index in [-0.39, 0.29) is 17.6 Å². The molecule has 1 aliphatic rings. The summed E-state index contributed by atoms with van der Waals surface area (Å²) in [5, 5.41) is 0. The van der Waals surface area contributed by atoms with Crippen molar-refractivity contribution in [3.8, 4) is 0 Å². The summed E-state index contributed by atoms with van der Waals surface area (Å²) in [6.45, 7) is 6.83. The highest BCUT2D eigenvalue weighted by Gasteiger charge is 2.33. The lowest BCUT2D eigenvalue weighted by atomic mass is 10.2. The van der Waals surface area contributed by atoms with Crippen molar-refractivity contribution in [2.75, 3.05) is 4.90 Å². The molecule has 0 spiro atoms. The van der Waals surface area contributed by atoms with Gasteiger partial charge in [0.1, 0.15) is 0 Å². The Bertz CT molecular complexity index is 740. The Morgan fingerprint density at radius 3 is 2.48 bits per heavy atom. The molecule has 110 valence electrons. The van der Waals surface area contributed by atoms with Gasteiger partial charge in [-0.05, 0) is 25.0 Å². The van der Waals surface area contributed by atoms with Crippen LogP contribution in [0.2, 0.25) is 0 Å². The second-order valence-electron chi connectivity index (χ2n) is 5.80. The molecule has 0 bridgehead atoms. The van der Waals surface area contributed by atoms with E-state index >= 15 is 0 Å². The largest absolute Gasteiger partial charge is 0.364 e. The van der Waals surface area contributed by atoms with Crippen molar-refractivity contribution in [3.05, 3.63) is 46.1 Å². The third-order valence-electron chi connectivity index (χ3n) is 3.53. The lowest BCUT2D eigenvalue weighted by Crippen LogP contribution is -2.34. The standard InChI is InChI=1S/C15H18N4O2/c1-10(2)8-18-14(20)16-13-9-17(15(21)19(13)18)12-6-4-11(3)5-7-12/h4-7,10H,8-9H2,1-3H3. The van der Waals surface area contributed by atoms with Gasteiger partial charge in [-0.2, -0.15) is 9.67 Å². The first-order valence-corrected chi connectivity index (χ1v) is 7.04. The summed E-state index contributed by atoms with van der Waals surface area (Å²) in [7, 11) is 0. The zero-order valence-electron chi connectivity index (χ0n) is 12.4. The molecule has 0 radical (unpaired) electrons. The lowest BCUT2D eigenvalue weighted by Gasteiger charge is -2.16. The molecule has 1 amide bonds. The molecular weight excluding hydrogens is 268 g/mol. The normalized spacial score (nSPS) is 14.1. The van der Waals surface area contributed by atoms with Gasteiger partial charge in [0.2, 0.25) is 0 Å². The van der Waals surface area contributed by atoms with Gasteiger partial charge >= 0.3 is 11.7 Å². The van der Waals surface area contributed by atoms with E-state index in [1.807, 2.05) is 45.0 Å². The smallest absolute Gasteiger partial charge is 0.285 e. The summed E-state index contributed by atoms with van der Waals surface area (Å²) in [4.78, 5) is 30.1. The van der Waals surface area contributed by atoms with Gasteiger partial charge in [0, 0.05) is 12.2 Å². The van der Waals surface area contributed by atoms with E-state index in [0.29, 0.717) is 18.9 Å². The molecule has 6 nitrogen and oxygen atoms in total. The minimum atomic E-state index is -0.351. The number of nitrogens with zero attached hydrogens (tertiary/aromatic N) is 4. The number of carbonyl (C=O) groups is 1. The summed E-state index contributed by atoms with van der Waals surface area (Å²) in [6.07, 6.45) is 0. The van der Waals surface area contributed by atoms with Gasteiger partial charge in [-0.3, -0.25) is 4.90 Å². The minimum Gasteiger partial charge on any atom is -0.285 e. The van der Waals surface area contributed by atoms with E-state index in [2.05, 4.69) is 4.98 Å². The van der Waals surface area contributed by atoms with Gasteiger partial charge in [0.05, 0.1) is 6.54 Å². The number of benzene rings is 1. The summed E-state index contributed by atoms with van der Waals surface area (Å²) < 4.78 is 2.83. The fraction of sp³-hybridized carbons (Fsp3) is 0.400. The van der Waals surface area contributed by atoms with Gasteiger partial charge < -0.3 is 0 Å². The number of hydrogen-bond donors (Lipinski definition) is 0. The second kappa shape index (κ2) is 4.87. The molecule has 1 aromatic heterocycles. The molecular formula is C15H18N4O2. The average molecular weight is 286 g/mol. The molecule has 1 aromatic carbocycles. The number of anilines is 1. The molecule has 0 N–H and O–H groups in total. The predicted octanol–water partition coefficient (Wildman–Crippen LogP) is 2.00. The summed E-state index contributed by atoms with van der Waals surface area (Å²) in [5.41, 5.74) is 1.61. The van der Waals surface area contributed by atoms with Crippen molar-refractivity contribution < 1.29 is 4.79 Å². The van der Waals surface area contributed by atoms with Crippen LogP contribution in [0, 0.1) is 12.8 Å². The SMILES string of the molecule is Cc1ccc(N2Cc3nc(=O)n(CC(C)C)n3C2=O)cc1. The van der Waals surface area contributed by atoms with E-state index in [1.165, 1.54) is 9.36 Å². The van der Waals surface area contributed by atoms with E-state index in [9.17, 15) is 9.59 Å². The van der Waals surface area contributed by atoms with Crippen LogP contribution >= 0.6 is 0 Å². The van der Waals surface area contributed by atoms with Crippen molar-refractivity contribution >= 4 is 11.7 Å². The van der Waals surface area contributed by atoms with Crippen LogP contribution in [0.4, 0.5) is 10.5 Å². The van der Waals surface area contributed by atoms with Crippen LogP contribution in [0.5, 0.6) is 0 Å². The molecule has 2 aromatic rings. The summed E-state index contributed by atoms with van der Waals surface area (Å²) in [5.74, 6) is 0.774. The molecule has 1 aliphatic heterocycles. The van der Waals surface area contributed by atoms with Crippen LogP contribution in [-0.2, 0) is 13.1 Å². The number of amides is 1. The molecule has 0 fully saturated rings. The van der Waals surface area contributed by atoms with Crippen LogP contribution < -0.4 is 10.6 Å². The van der Waals surface area contributed by atoms with Crippen LogP contribution in [0.3, 0.4) is 0 Å². The van der Waals surface area contributed by atoms with Crippen LogP contribution in [-0.4, -0.2) is 20.4 Å². The zero-order valence-corrected chi connectivity index (χ0v) is 12.4. The molecule has 0 unspecified atom stereocenters.